The lowest BCUT2D eigenvalue weighted by atomic mass is 10.0. The number of benzene rings is 1. The molecule has 7 heteroatoms. The molecule has 21 heavy (non-hydrogen) atoms. The number of carbonyl (C=O) groups excluding carboxylic acids is 1. The number of alkyl halides is 3. The van der Waals surface area contributed by atoms with Crippen molar-refractivity contribution in [3.8, 4) is 0 Å². The molecule has 1 amide bonds. The summed E-state index contributed by atoms with van der Waals surface area (Å²) in [5, 5.41) is 1.97. The van der Waals surface area contributed by atoms with Crippen LogP contribution in [0.5, 0.6) is 0 Å². The number of rotatable bonds is 5. The zero-order valence-corrected chi connectivity index (χ0v) is 13.5. The first-order valence-electron chi connectivity index (χ1n) is 6.61. The van der Waals surface area contributed by atoms with Gasteiger partial charge in [-0.15, -0.1) is 0 Å². The molecule has 0 unspecified atom stereocenters. The van der Waals surface area contributed by atoms with E-state index in [2.05, 4.69) is 0 Å². The Balaban J connectivity index is 2.94. The van der Waals surface area contributed by atoms with Gasteiger partial charge >= 0.3 is 12.1 Å². The quantitative estimate of drug-likeness (QED) is 0.841. The molecule has 3 nitrogen and oxygen atoms in total. The normalized spacial score (nSPS) is 15.4. The topological polar surface area (TPSA) is 38.3 Å². The molecule has 1 rings (SSSR count). The molecule has 0 aliphatic rings. The van der Waals surface area contributed by atoms with Crippen LogP contribution >= 0.6 is 0 Å². The van der Waals surface area contributed by atoms with Crippen molar-refractivity contribution in [3.63, 3.8) is 0 Å². The number of amides is 1. The van der Waals surface area contributed by atoms with Crippen LogP contribution in [0.25, 0.3) is 0 Å². The van der Waals surface area contributed by atoms with Gasteiger partial charge in [0.2, 0.25) is 0 Å². The summed E-state index contributed by atoms with van der Waals surface area (Å²) in [6.07, 6.45) is -5.50. The Morgan fingerprint density at radius 1 is 1.19 bits per heavy atom. The molecule has 0 fully saturated rings. The van der Waals surface area contributed by atoms with Gasteiger partial charge in [-0.1, -0.05) is 30.3 Å². The molecular weight excluding hydrogens is 299 g/mol. The van der Waals surface area contributed by atoms with Crippen LogP contribution in [0, 0.1) is 0 Å². The Morgan fingerprint density at radius 2 is 1.71 bits per heavy atom. The summed E-state index contributed by atoms with van der Waals surface area (Å²) in [6.45, 7) is 7.35. The third-order valence-electron chi connectivity index (χ3n) is 2.68. The maximum atomic E-state index is 12.4. The lowest BCUT2D eigenvalue weighted by molar-refractivity contribution is -0.174. The van der Waals surface area contributed by atoms with Gasteiger partial charge in [0, 0.05) is 0 Å². The smallest absolute Gasteiger partial charge is 0.409 e. The Kier molecular flexibility index (Phi) is 5.58. The van der Waals surface area contributed by atoms with E-state index in [0.29, 0.717) is 0 Å². The van der Waals surface area contributed by atoms with Crippen molar-refractivity contribution in [2.45, 2.75) is 44.9 Å². The van der Waals surface area contributed by atoms with E-state index in [1.165, 1.54) is 6.92 Å². The van der Waals surface area contributed by atoms with E-state index in [-0.39, 0.29) is 0 Å². The van der Waals surface area contributed by atoms with E-state index in [4.69, 9.17) is 4.43 Å². The van der Waals surface area contributed by atoms with Gasteiger partial charge in [0.25, 0.3) is 0 Å². The SMILES string of the molecule is C[C@@H](NC(=O)C(F)(F)F)[C@H](O[Si](C)(C)C)c1ccccc1. The zero-order valence-electron chi connectivity index (χ0n) is 12.5. The largest absolute Gasteiger partial charge is 0.471 e. The summed E-state index contributed by atoms with van der Waals surface area (Å²) in [5.41, 5.74) is 0.745. The minimum Gasteiger partial charge on any atom is -0.409 e. The predicted octanol–water partition coefficient (Wildman–Crippen LogP) is 3.65. The standard InChI is InChI=1S/C14H20F3NO2Si/c1-10(18-13(19)14(15,16)17)12(20-21(2,3)4)11-8-6-5-7-9-11/h5-10,12H,1-4H3,(H,18,19)/t10-,12+/m1/s1. The van der Waals surface area contributed by atoms with Gasteiger partial charge in [0.1, 0.15) is 0 Å². The maximum absolute atomic E-state index is 12.4. The third-order valence-corrected chi connectivity index (χ3v) is 3.64. The van der Waals surface area contributed by atoms with Crippen molar-refractivity contribution in [2.75, 3.05) is 0 Å². The highest BCUT2D eigenvalue weighted by Crippen LogP contribution is 2.26. The van der Waals surface area contributed by atoms with E-state index in [0.717, 1.165) is 5.56 Å². The predicted molar refractivity (Wildman–Crippen MR) is 77.3 cm³/mol. The molecule has 0 radical (unpaired) electrons. The van der Waals surface area contributed by atoms with Gasteiger partial charge in [-0.25, -0.2) is 0 Å². The number of hydrogen-bond acceptors (Lipinski definition) is 2. The van der Waals surface area contributed by atoms with Gasteiger partial charge in [0.15, 0.2) is 8.32 Å². The lowest BCUT2D eigenvalue weighted by Crippen LogP contribution is -2.46. The lowest BCUT2D eigenvalue weighted by Gasteiger charge is -2.31. The van der Waals surface area contributed by atoms with Gasteiger partial charge in [0.05, 0.1) is 12.1 Å². The second kappa shape index (κ2) is 6.61. The molecule has 1 aromatic rings. The first-order valence-corrected chi connectivity index (χ1v) is 10.0. The third kappa shape index (κ3) is 5.89. The molecule has 1 N–H and O–H groups in total. The summed E-state index contributed by atoms with van der Waals surface area (Å²) < 4.78 is 43.1. The first kappa shape index (κ1) is 17.7. The van der Waals surface area contributed by atoms with Crippen LogP contribution in [-0.4, -0.2) is 26.4 Å². The van der Waals surface area contributed by atoms with E-state index in [1.54, 1.807) is 24.3 Å². The molecule has 118 valence electrons. The molecule has 0 spiro atoms. The molecule has 0 heterocycles. The van der Waals surface area contributed by atoms with Crippen LogP contribution in [0.3, 0.4) is 0 Å². The molecule has 2 atom stereocenters. The summed E-state index contributed by atoms with van der Waals surface area (Å²) >= 11 is 0. The second-order valence-electron chi connectivity index (χ2n) is 5.82. The highest BCUT2D eigenvalue weighted by atomic mass is 28.4. The minimum absolute atomic E-state index is 0.607. The molecule has 0 saturated carbocycles. The Bertz CT molecular complexity index is 471. The highest BCUT2D eigenvalue weighted by Gasteiger charge is 2.40. The van der Waals surface area contributed by atoms with Crippen molar-refractivity contribution in [1.29, 1.82) is 0 Å². The summed E-state index contributed by atoms with van der Waals surface area (Å²) in [4.78, 5) is 11.1. The van der Waals surface area contributed by atoms with Crippen molar-refractivity contribution in [3.05, 3.63) is 35.9 Å². The van der Waals surface area contributed by atoms with Gasteiger partial charge in [-0.3, -0.25) is 4.79 Å². The summed E-state index contributed by atoms with van der Waals surface area (Å²) in [7, 11) is -2.00. The fourth-order valence-electron chi connectivity index (χ4n) is 1.85. The highest BCUT2D eigenvalue weighted by molar-refractivity contribution is 6.69. The van der Waals surface area contributed by atoms with Crippen molar-refractivity contribution in [1.82, 2.24) is 5.32 Å². The Labute approximate surface area is 123 Å². The van der Waals surface area contributed by atoms with E-state index in [1.807, 2.05) is 31.0 Å². The van der Waals surface area contributed by atoms with Crippen LogP contribution in [0.1, 0.15) is 18.6 Å². The first-order chi connectivity index (χ1) is 9.50. The molecule has 1 aromatic carbocycles. The van der Waals surface area contributed by atoms with Crippen molar-refractivity contribution in [2.24, 2.45) is 0 Å². The van der Waals surface area contributed by atoms with Crippen LogP contribution in [0.4, 0.5) is 13.2 Å². The fraction of sp³-hybridized carbons (Fsp3) is 0.500. The van der Waals surface area contributed by atoms with E-state index >= 15 is 0 Å². The van der Waals surface area contributed by atoms with Crippen molar-refractivity contribution < 1.29 is 22.4 Å². The number of halogens is 3. The van der Waals surface area contributed by atoms with Gasteiger partial charge in [-0.2, -0.15) is 13.2 Å². The Morgan fingerprint density at radius 3 is 2.14 bits per heavy atom. The number of hydrogen-bond donors (Lipinski definition) is 1. The van der Waals surface area contributed by atoms with Gasteiger partial charge in [-0.05, 0) is 32.1 Å². The van der Waals surface area contributed by atoms with E-state index in [9.17, 15) is 18.0 Å². The van der Waals surface area contributed by atoms with Gasteiger partial charge < -0.3 is 9.74 Å². The molecule has 0 aliphatic heterocycles. The summed E-state index contributed by atoms with van der Waals surface area (Å²) in [5.74, 6) is -1.95. The minimum atomic E-state index is -4.89. The van der Waals surface area contributed by atoms with Crippen LogP contribution in [0.2, 0.25) is 19.6 Å². The maximum Gasteiger partial charge on any atom is 0.471 e. The fourth-order valence-corrected chi connectivity index (χ4v) is 2.95. The molecule has 0 aliphatic carbocycles. The van der Waals surface area contributed by atoms with E-state index < -0.39 is 32.5 Å². The molecule has 0 saturated heterocycles. The van der Waals surface area contributed by atoms with Crippen molar-refractivity contribution >= 4 is 14.2 Å². The second-order valence-corrected chi connectivity index (χ2v) is 10.3. The van der Waals surface area contributed by atoms with Crippen LogP contribution < -0.4 is 5.32 Å². The van der Waals surface area contributed by atoms with Crippen LogP contribution in [0.15, 0.2) is 30.3 Å². The number of carbonyl (C=O) groups is 1. The van der Waals surface area contributed by atoms with Crippen LogP contribution in [-0.2, 0) is 9.22 Å². The monoisotopic (exact) mass is 319 g/mol. The molecule has 0 aromatic heterocycles. The molecule has 0 bridgehead atoms. The number of nitrogens with one attached hydrogen (secondary N) is 1. The average molecular weight is 319 g/mol. The summed E-state index contributed by atoms with van der Waals surface area (Å²) in [6, 6.07) is 8.16. The Hall–Kier alpha value is -1.34. The molecular formula is C14H20F3NO2Si. The average Bonchev–Trinajstić information content (AvgIpc) is 2.34. The zero-order chi connectivity index (χ0) is 16.3.